The van der Waals surface area contributed by atoms with Crippen LogP contribution in [-0.2, 0) is 26.0 Å². The predicted molar refractivity (Wildman–Crippen MR) is 125 cm³/mol. The van der Waals surface area contributed by atoms with Crippen molar-refractivity contribution in [1.29, 1.82) is 0 Å². The van der Waals surface area contributed by atoms with Gasteiger partial charge >= 0.3 is 5.97 Å². The molecule has 0 radical (unpaired) electrons. The SMILES string of the molecule is O=C(CC1c2ccccc2CCN1S(=O)(=O)c1ccc(F)cc1)OCC(=O)c1cccc(Cl)c1. The van der Waals surface area contributed by atoms with E-state index in [-0.39, 0.29) is 17.9 Å². The highest BCUT2D eigenvalue weighted by Gasteiger charge is 2.38. The molecule has 0 aliphatic carbocycles. The van der Waals surface area contributed by atoms with Gasteiger partial charge in [0.2, 0.25) is 10.0 Å². The maximum atomic E-state index is 13.4. The summed E-state index contributed by atoms with van der Waals surface area (Å²) in [6.07, 6.45) is 0.190. The molecule has 1 unspecified atom stereocenters. The molecule has 0 aromatic heterocycles. The van der Waals surface area contributed by atoms with Crippen LogP contribution in [0, 0.1) is 5.82 Å². The van der Waals surface area contributed by atoms with Crippen LogP contribution in [0.2, 0.25) is 5.02 Å². The molecule has 34 heavy (non-hydrogen) atoms. The summed E-state index contributed by atoms with van der Waals surface area (Å²) in [6.45, 7) is -0.339. The van der Waals surface area contributed by atoms with Gasteiger partial charge < -0.3 is 4.74 Å². The molecule has 1 heterocycles. The quantitative estimate of drug-likeness (QED) is 0.349. The highest BCUT2D eigenvalue weighted by molar-refractivity contribution is 7.89. The highest BCUT2D eigenvalue weighted by atomic mass is 35.5. The van der Waals surface area contributed by atoms with Crippen LogP contribution in [0.1, 0.15) is 33.9 Å². The first-order chi connectivity index (χ1) is 16.3. The fourth-order valence-corrected chi connectivity index (χ4v) is 5.77. The number of nitrogens with zero attached hydrogens (tertiary/aromatic N) is 1. The summed E-state index contributed by atoms with van der Waals surface area (Å²) >= 11 is 5.90. The lowest BCUT2D eigenvalue weighted by molar-refractivity contribution is -0.143. The number of Topliss-reactive ketones (excluding diaryl/α,β-unsaturated/α-hetero) is 1. The maximum absolute atomic E-state index is 13.4. The molecule has 4 rings (SSSR count). The van der Waals surface area contributed by atoms with E-state index in [4.69, 9.17) is 16.3 Å². The van der Waals surface area contributed by atoms with Gasteiger partial charge in [-0.2, -0.15) is 4.31 Å². The minimum atomic E-state index is -4.02. The Morgan fingerprint density at radius 3 is 2.50 bits per heavy atom. The molecule has 3 aromatic rings. The van der Waals surface area contributed by atoms with Gasteiger partial charge in [0, 0.05) is 17.1 Å². The normalized spacial score (nSPS) is 16.0. The van der Waals surface area contributed by atoms with Gasteiger partial charge in [0.1, 0.15) is 5.82 Å². The first-order valence-corrected chi connectivity index (χ1v) is 12.4. The fourth-order valence-electron chi connectivity index (χ4n) is 3.98. The van der Waals surface area contributed by atoms with Crippen LogP contribution in [0.15, 0.2) is 77.7 Å². The minimum Gasteiger partial charge on any atom is -0.457 e. The average Bonchev–Trinajstić information content (AvgIpc) is 2.83. The van der Waals surface area contributed by atoms with Crippen molar-refractivity contribution in [2.45, 2.75) is 23.8 Å². The molecular formula is C25H21ClFNO5S. The molecule has 3 aromatic carbocycles. The lowest BCUT2D eigenvalue weighted by atomic mass is 9.92. The van der Waals surface area contributed by atoms with E-state index in [1.165, 1.54) is 22.5 Å². The Kier molecular flexibility index (Phi) is 7.11. The maximum Gasteiger partial charge on any atom is 0.308 e. The Bertz CT molecular complexity index is 1330. The third kappa shape index (κ3) is 5.19. The van der Waals surface area contributed by atoms with Crippen molar-refractivity contribution >= 4 is 33.4 Å². The van der Waals surface area contributed by atoms with Gasteiger partial charge in [-0.3, -0.25) is 9.59 Å². The fraction of sp³-hybridized carbons (Fsp3) is 0.200. The van der Waals surface area contributed by atoms with Crippen LogP contribution in [0.5, 0.6) is 0 Å². The molecule has 0 saturated heterocycles. The second kappa shape index (κ2) is 10.0. The zero-order chi connectivity index (χ0) is 24.3. The van der Waals surface area contributed by atoms with Crippen molar-refractivity contribution < 1.29 is 27.1 Å². The number of carbonyl (C=O) groups is 2. The zero-order valence-corrected chi connectivity index (χ0v) is 19.6. The molecule has 0 amide bonds. The standard InChI is InChI=1S/C25H21ClFNO5S/c26-19-6-3-5-18(14-19)24(29)16-33-25(30)15-23-22-7-2-1-4-17(22)12-13-28(23)34(31,32)21-10-8-20(27)9-11-21/h1-11,14,23H,12-13,15-16H2. The largest absolute Gasteiger partial charge is 0.457 e. The van der Waals surface area contributed by atoms with E-state index >= 15 is 0 Å². The number of carbonyl (C=O) groups excluding carboxylic acids is 2. The van der Waals surface area contributed by atoms with E-state index in [1.54, 1.807) is 30.3 Å². The third-order valence-corrected chi connectivity index (χ3v) is 7.81. The van der Waals surface area contributed by atoms with E-state index in [0.29, 0.717) is 22.6 Å². The Hall–Kier alpha value is -3.07. The molecule has 0 spiro atoms. The van der Waals surface area contributed by atoms with Crippen molar-refractivity contribution in [3.05, 3.63) is 100 Å². The summed E-state index contributed by atoms with van der Waals surface area (Å²) in [5.41, 5.74) is 1.93. The first-order valence-electron chi connectivity index (χ1n) is 10.6. The Morgan fingerprint density at radius 1 is 1.03 bits per heavy atom. The molecule has 1 aliphatic heterocycles. The Balaban J connectivity index is 1.55. The molecule has 6 nitrogen and oxygen atoms in total. The lowest BCUT2D eigenvalue weighted by Crippen LogP contribution is -2.41. The molecule has 0 saturated carbocycles. The van der Waals surface area contributed by atoms with Crippen molar-refractivity contribution in [3.8, 4) is 0 Å². The van der Waals surface area contributed by atoms with Crippen LogP contribution < -0.4 is 0 Å². The molecular weight excluding hydrogens is 481 g/mol. The van der Waals surface area contributed by atoms with E-state index in [1.807, 2.05) is 12.1 Å². The molecule has 0 fully saturated rings. The second-order valence-electron chi connectivity index (χ2n) is 7.83. The number of esters is 1. The van der Waals surface area contributed by atoms with Crippen molar-refractivity contribution in [2.24, 2.45) is 0 Å². The third-order valence-electron chi connectivity index (χ3n) is 5.65. The van der Waals surface area contributed by atoms with Gasteiger partial charge in [0.15, 0.2) is 12.4 Å². The summed E-state index contributed by atoms with van der Waals surface area (Å²) < 4.78 is 46.5. The highest BCUT2D eigenvalue weighted by Crippen LogP contribution is 2.36. The summed E-state index contributed by atoms with van der Waals surface area (Å²) in [5.74, 6) is -1.68. The summed E-state index contributed by atoms with van der Waals surface area (Å²) in [4.78, 5) is 25.0. The van der Waals surface area contributed by atoms with Gasteiger partial charge in [0.25, 0.3) is 0 Å². The topological polar surface area (TPSA) is 80.8 Å². The smallest absolute Gasteiger partial charge is 0.308 e. The lowest BCUT2D eigenvalue weighted by Gasteiger charge is -2.36. The van der Waals surface area contributed by atoms with Gasteiger partial charge in [-0.1, -0.05) is 48.0 Å². The number of hydrogen-bond donors (Lipinski definition) is 0. The van der Waals surface area contributed by atoms with Crippen LogP contribution in [0.25, 0.3) is 0 Å². The number of hydrogen-bond acceptors (Lipinski definition) is 5. The minimum absolute atomic E-state index is 0.0669. The van der Waals surface area contributed by atoms with Gasteiger partial charge in [-0.05, 0) is 53.9 Å². The van der Waals surface area contributed by atoms with Gasteiger partial charge in [-0.25, -0.2) is 12.8 Å². The number of fused-ring (bicyclic) bond motifs is 1. The molecule has 1 atom stereocenters. The van der Waals surface area contributed by atoms with E-state index < -0.39 is 40.2 Å². The monoisotopic (exact) mass is 501 g/mol. The number of ether oxygens (including phenoxy) is 1. The summed E-state index contributed by atoms with van der Waals surface area (Å²) in [7, 11) is -4.02. The average molecular weight is 502 g/mol. The van der Waals surface area contributed by atoms with E-state index in [9.17, 15) is 22.4 Å². The zero-order valence-electron chi connectivity index (χ0n) is 18.0. The van der Waals surface area contributed by atoms with Crippen molar-refractivity contribution in [1.82, 2.24) is 4.31 Å². The van der Waals surface area contributed by atoms with Crippen molar-refractivity contribution in [2.75, 3.05) is 13.2 Å². The van der Waals surface area contributed by atoms with Crippen molar-refractivity contribution in [3.63, 3.8) is 0 Å². The van der Waals surface area contributed by atoms with E-state index in [0.717, 1.165) is 17.7 Å². The van der Waals surface area contributed by atoms with Crippen LogP contribution in [0.3, 0.4) is 0 Å². The number of halogens is 2. The summed E-state index contributed by atoms with van der Waals surface area (Å²) in [5, 5.41) is 0.387. The number of ketones is 1. The van der Waals surface area contributed by atoms with E-state index in [2.05, 4.69) is 0 Å². The molecule has 1 aliphatic rings. The number of sulfonamides is 1. The van der Waals surface area contributed by atoms with Gasteiger partial charge in [0.05, 0.1) is 17.4 Å². The van der Waals surface area contributed by atoms with Gasteiger partial charge in [-0.15, -0.1) is 0 Å². The molecule has 176 valence electrons. The van der Waals surface area contributed by atoms with Crippen LogP contribution >= 0.6 is 11.6 Å². The van der Waals surface area contributed by atoms with Crippen LogP contribution in [0.4, 0.5) is 4.39 Å². The van der Waals surface area contributed by atoms with Crippen LogP contribution in [-0.4, -0.2) is 37.6 Å². The molecule has 0 N–H and O–H groups in total. The second-order valence-corrected chi connectivity index (χ2v) is 10.2. The number of rotatable bonds is 7. The molecule has 9 heteroatoms. The molecule has 0 bridgehead atoms. The first kappa shape index (κ1) is 24.1. The predicted octanol–water partition coefficient (Wildman–Crippen LogP) is 4.58. The summed E-state index contributed by atoms with van der Waals surface area (Å²) in [6, 6.07) is 17.3. The Labute approximate surface area is 202 Å². The Morgan fingerprint density at radius 2 is 1.76 bits per heavy atom. The number of benzene rings is 3.